The van der Waals surface area contributed by atoms with Gasteiger partial charge in [-0.25, -0.2) is 0 Å². The molecule has 1 aromatic heterocycles. The zero-order valence-corrected chi connectivity index (χ0v) is 11.5. The highest BCUT2D eigenvalue weighted by Gasteiger charge is 2.06. The summed E-state index contributed by atoms with van der Waals surface area (Å²) in [6.45, 7) is 0.440. The van der Waals surface area contributed by atoms with Crippen molar-refractivity contribution in [3.05, 3.63) is 45.2 Å². The molecule has 1 aromatic carbocycles. The second-order valence-electron chi connectivity index (χ2n) is 3.53. The molecule has 17 heavy (non-hydrogen) atoms. The molecule has 0 saturated carbocycles. The largest absolute Gasteiger partial charge is 0.472 e. The molecule has 86 valence electrons. The molecule has 0 aliphatic heterocycles. The molecule has 0 aliphatic rings. The summed E-state index contributed by atoms with van der Waals surface area (Å²) < 4.78 is 8.41. The molecular weight excluding hydrogens is 327 g/mol. The second kappa shape index (κ2) is 5.23. The summed E-state index contributed by atoms with van der Waals surface area (Å²) in [7, 11) is 1.85. The third kappa shape index (κ3) is 2.80. The van der Waals surface area contributed by atoms with Gasteiger partial charge in [0.05, 0.1) is 0 Å². The molecule has 0 atom stereocenters. The maximum atomic E-state index is 5.60. The summed E-state index contributed by atoms with van der Waals surface area (Å²) in [5.74, 6) is 3.27. The van der Waals surface area contributed by atoms with E-state index >= 15 is 0 Å². The number of benzene rings is 1. The van der Waals surface area contributed by atoms with Crippen LogP contribution in [0.15, 0.2) is 30.5 Å². The molecule has 4 heteroatoms. The average molecular weight is 338 g/mol. The first kappa shape index (κ1) is 12.0. The van der Waals surface area contributed by atoms with Gasteiger partial charge in [0, 0.05) is 34.0 Å². The quantitative estimate of drug-likeness (QED) is 0.635. The van der Waals surface area contributed by atoms with Gasteiger partial charge in [-0.3, -0.25) is 4.68 Å². The fourth-order valence-electron chi connectivity index (χ4n) is 1.46. The minimum Gasteiger partial charge on any atom is -0.472 e. The number of aryl methyl sites for hydroxylation is 1. The third-order valence-electron chi connectivity index (χ3n) is 2.33. The molecule has 0 aliphatic carbocycles. The van der Waals surface area contributed by atoms with Gasteiger partial charge in [-0.1, -0.05) is 12.0 Å². The van der Waals surface area contributed by atoms with Crippen molar-refractivity contribution in [2.45, 2.75) is 6.61 Å². The first-order chi connectivity index (χ1) is 8.20. The summed E-state index contributed by atoms with van der Waals surface area (Å²) >= 11 is 2.26. The summed E-state index contributed by atoms with van der Waals surface area (Å²) in [6.07, 6.45) is 7.30. The fourth-order valence-corrected chi connectivity index (χ4v) is 2.11. The topological polar surface area (TPSA) is 27.1 Å². The van der Waals surface area contributed by atoms with Crippen LogP contribution in [0.25, 0.3) is 0 Å². The number of rotatable bonds is 3. The third-order valence-corrected chi connectivity index (χ3v) is 3.34. The number of nitrogens with zero attached hydrogens (tertiary/aromatic N) is 2. The monoisotopic (exact) mass is 338 g/mol. The van der Waals surface area contributed by atoms with E-state index in [-0.39, 0.29) is 0 Å². The highest BCUT2D eigenvalue weighted by molar-refractivity contribution is 14.1. The Morgan fingerprint density at radius 2 is 2.29 bits per heavy atom. The number of halogens is 1. The lowest BCUT2D eigenvalue weighted by Gasteiger charge is -2.07. The number of hydrogen-bond donors (Lipinski definition) is 0. The van der Waals surface area contributed by atoms with Crippen LogP contribution in [0, 0.1) is 15.9 Å². The molecule has 0 fully saturated rings. The van der Waals surface area contributed by atoms with Crippen molar-refractivity contribution >= 4 is 22.6 Å². The smallest absolute Gasteiger partial charge is 0.233 e. The molecule has 2 aromatic rings. The van der Waals surface area contributed by atoms with Crippen LogP contribution in [-0.4, -0.2) is 9.78 Å². The van der Waals surface area contributed by atoms with Crippen LogP contribution in [-0.2, 0) is 13.7 Å². The maximum Gasteiger partial charge on any atom is 0.233 e. The van der Waals surface area contributed by atoms with Crippen molar-refractivity contribution in [3.8, 4) is 18.2 Å². The van der Waals surface area contributed by atoms with Crippen LogP contribution in [0.5, 0.6) is 5.88 Å². The van der Waals surface area contributed by atoms with E-state index in [1.807, 2.05) is 37.5 Å². The summed E-state index contributed by atoms with van der Waals surface area (Å²) in [5.41, 5.74) is 1.90. The van der Waals surface area contributed by atoms with E-state index in [0.29, 0.717) is 12.5 Å². The lowest BCUT2D eigenvalue weighted by Crippen LogP contribution is -2.01. The molecular formula is C13H11IN2O. The Morgan fingerprint density at radius 1 is 1.47 bits per heavy atom. The fraction of sp³-hybridized carbons (Fsp3) is 0.154. The van der Waals surface area contributed by atoms with Gasteiger partial charge in [-0.05, 0) is 34.7 Å². The number of hydrogen-bond acceptors (Lipinski definition) is 2. The van der Waals surface area contributed by atoms with Crippen molar-refractivity contribution < 1.29 is 4.74 Å². The van der Waals surface area contributed by atoms with Gasteiger partial charge in [-0.2, -0.15) is 0 Å². The van der Waals surface area contributed by atoms with Crippen molar-refractivity contribution in [1.29, 1.82) is 0 Å². The molecule has 1 heterocycles. The highest BCUT2D eigenvalue weighted by Crippen LogP contribution is 2.18. The van der Waals surface area contributed by atoms with E-state index in [4.69, 9.17) is 11.2 Å². The summed E-state index contributed by atoms with van der Waals surface area (Å²) in [5, 5.41) is 4.15. The number of terminal acetylenes is 1. The van der Waals surface area contributed by atoms with E-state index in [0.717, 1.165) is 14.7 Å². The van der Waals surface area contributed by atoms with E-state index < -0.39 is 0 Å². The normalized spacial score (nSPS) is 9.94. The van der Waals surface area contributed by atoms with Gasteiger partial charge in [0.2, 0.25) is 5.88 Å². The SMILES string of the molecule is C#Cc1cccc(I)c1COc1ccn(C)n1. The van der Waals surface area contributed by atoms with Gasteiger partial charge < -0.3 is 4.74 Å². The Labute approximate surface area is 114 Å². The van der Waals surface area contributed by atoms with Crippen molar-refractivity contribution in [2.24, 2.45) is 7.05 Å². The lowest BCUT2D eigenvalue weighted by atomic mass is 10.1. The van der Waals surface area contributed by atoms with E-state index in [2.05, 4.69) is 33.6 Å². The Kier molecular flexibility index (Phi) is 3.69. The molecule has 0 bridgehead atoms. The van der Waals surface area contributed by atoms with E-state index in [1.165, 1.54) is 0 Å². The van der Waals surface area contributed by atoms with Crippen LogP contribution in [0.3, 0.4) is 0 Å². The minimum atomic E-state index is 0.440. The summed E-state index contributed by atoms with van der Waals surface area (Å²) in [4.78, 5) is 0. The predicted octanol–water partition coefficient (Wildman–Crippen LogP) is 2.59. The second-order valence-corrected chi connectivity index (χ2v) is 4.69. The molecule has 0 amide bonds. The van der Waals surface area contributed by atoms with Crippen molar-refractivity contribution in [2.75, 3.05) is 0 Å². The molecule has 0 spiro atoms. The first-order valence-corrected chi connectivity index (χ1v) is 6.15. The number of ether oxygens (including phenoxy) is 1. The number of aromatic nitrogens is 2. The van der Waals surface area contributed by atoms with Crippen LogP contribution in [0.4, 0.5) is 0 Å². The maximum absolute atomic E-state index is 5.60. The van der Waals surface area contributed by atoms with Crippen LogP contribution < -0.4 is 4.74 Å². The van der Waals surface area contributed by atoms with Crippen molar-refractivity contribution in [1.82, 2.24) is 9.78 Å². The van der Waals surface area contributed by atoms with Gasteiger partial charge in [0.1, 0.15) is 6.61 Å². The molecule has 0 unspecified atom stereocenters. The first-order valence-electron chi connectivity index (χ1n) is 5.07. The highest BCUT2D eigenvalue weighted by atomic mass is 127. The minimum absolute atomic E-state index is 0.440. The Bertz CT molecular complexity index is 569. The zero-order chi connectivity index (χ0) is 12.3. The van der Waals surface area contributed by atoms with Crippen LogP contribution >= 0.6 is 22.6 Å². The van der Waals surface area contributed by atoms with Crippen LogP contribution in [0.1, 0.15) is 11.1 Å². The van der Waals surface area contributed by atoms with Gasteiger partial charge >= 0.3 is 0 Å². The Morgan fingerprint density at radius 3 is 2.94 bits per heavy atom. The Hall–Kier alpha value is -1.48. The molecule has 2 rings (SSSR count). The molecule has 0 N–H and O–H groups in total. The lowest BCUT2D eigenvalue weighted by molar-refractivity contribution is 0.290. The van der Waals surface area contributed by atoms with Crippen LogP contribution in [0.2, 0.25) is 0 Å². The average Bonchev–Trinajstić information content (AvgIpc) is 2.73. The predicted molar refractivity (Wildman–Crippen MR) is 74.6 cm³/mol. The van der Waals surface area contributed by atoms with Gasteiger partial charge in [0.15, 0.2) is 0 Å². The summed E-state index contributed by atoms with van der Waals surface area (Å²) in [6, 6.07) is 7.70. The molecule has 0 radical (unpaired) electrons. The standard InChI is InChI=1S/C13H11IN2O/c1-3-10-5-4-6-12(14)11(10)9-17-13-7-8-16(2)15-13/h1,4-8H,9H2,2H3. The molecule has 3 nitrogen and oxygen atoms in total. The van der Waals surface area contributed by atoms with Gasteiger partial charge in [0.25, 0.3) is 0 Å². The molecule has 0 saturated heterocycles. The van der Waals surface area contributed by atoms with Crippen molar-refractivity contribution in [3.63, 3.8) is 0 Å². The zero-order valence-electron chi connectivity index (χ0n) is 9.35. The van der Waals surface area contributed by atoms with E-state index in [9.17, 15) is 0 Å². The Balaban J connectivity index is 2.17. The van der Waals surface area contributed by atoms with Gasteiger partial charge in [-0.15, -0.1) is 11.5 Å². The van der Waals surface area contributed by atoms with E-state index in [1.54, 1.807) is 4.68 Å².